The summed E-state index contributed by atoms with van der Waals surface area (Å²) in [4.78, 5) is 14.4. The van der Waals surface area contributed by atoms with E-state index >= 15 is 0 Å². The summed E-state index contributed by atoms with van der Waals surface area (Å²) in [6, 6.07) is 5.86. The molecule has 0 heterocycles. The van der Waals surface area contributed by atoms with Crippen LogP contribution in [-0.4, -0.2) is 57.8 Å². The van der Waals surface area contributed by atoms with Gasteiger partial charge >= 0.3 is 0 Å². The first kappa shape index (κ1) is 16.8. The van der Waals surface area contributed by atoms with Gasteiger partial charge in [0.15, 0.2) is 5.78 Å². The summed E-state index contributed by atoms with van der Waals surface area (Å²) in [5, 5.41) is 0. The zero-order chi connectivity index (χ0) is 15.0. The first-order valence-electron chi connectivity index (χ1n) is 6.89. The second kappa shape index (κ2) is 8.84. The SMILES string of the molecule is COCCN(CCOC)CC(=O)c1ccc(C)c(C)c1. The number of methoxy groups -OCH3 is 2. The first-order valence-corrected chi connectivity index (χ1v) is 6.89. The van der Waals surface area contributed by atoms with Crippen molar-refractivity contribution in [2.24, 2.45) is 0 Å². The Morgan fingerprint density at radius 2 is 1.65 bits per heavy atom. The Bertz CT molecular complexity index is 424. The monoisotopic (exact) mass is 279 g/mol. The normalized spacial score (nSPS) is 11.1. The van der Waals surface area contributed by atoms with Crippen molar-refractivity contribution in [3.05, 3.63) is 34.9 Å². The van der Waals surface area contributed by atoms with Gasteiger partial charge in [0, 0.05) is 32.9 Å². The van der Waals surface area contributed by atoms with Crippen LogP contribution >= 0.6 is 0 Å². The predicted octanol–water partition coefficient (Wildman–Crippen LogP) is 2.08. The van der Waals surface area contributed by atoms with Crippen LogP contribution in [0.1, 0.15) is 21.5 Å². The van der Waals surface area contributed by atoms with E-state index in [0.29, 0.717) is 19.8 Å². The van der Waals surface area contributed by atoms with Crippen LogP contribution in [0.3, 0.4) is 0 Å². The van der Waals surface area contributed by atoms with Gasteiger partial charge in [0.25, 0.3) is 0 Å². The van der Waals surface area contributed by atoms with Crippen molar-refractivity contribution in [3.63, 3.8) is 0 Å². The van der Waals surface area contributed by atoms with Crippen LogP contribution in [0.15, 0.2) is 18.2 Å². The third-order valence-corrected chi connectivity index (χ3v) is 3.42. The molecule has 0 saturated carbocycles. The largest absolute Gasteiger partial charge is 0.383 e. The summed E-state index contributed by atoms with van der Waals surface area (Å²) in [6.45, 7) is 7.17. The van der Waals surface area contributed by atoms with Crippen molar-refractivity contribution < 1.29 is 14.3 Å². The van der Waals surface area contributed by atoms with Gasteiger partial charge in [0.1, 0.15) is 0 Å². The lowest BCUT2D eigenvalue weighted by Crippen LogP contribution is -2.35. The van der Waals surface area contributed by atoms with Gasteiger partial charge in [-0.05, 0) is 31.0 Å². The molecule has 4 heteroatoms. The van der Waals surface area contributed by atoms with Gasteiger partial charge in [-0.1, -0.05) is 12.1 Å². The molecule has 1 aromatic carbocycles. The van der Waals surface area contributed by atoms with E-state index < -0.39 is 0 Å². The van der Waals surface area contributed by atoms with Crippen molar-refractivity contribution >= 4 is 5.78 Å². The highest BCUT2D eigenvalue weighted by atomic mass is 16.5. The fourth-order valence-electron chi connectivity index (χ4n) is 1.92. The zero-order valence-electron chi connectivity index (χ0n) is 12.9. The summed E-state index contributed by atoms with van der Waals surface area (Å²) in [7, 11) is 3.33. The maximum atomic E-state index is 12.3. The van der Waals surface area contributed by atoms with Gasteiger partial charge in [-0.15, -0.1) is 0 Å². The van der Waals surface area contributed by atoms with Crippen molar-refractivity contribution in [1.82, 2.24) is 4.90 Å². The number of ether oxygens (including phenoxy) is 2. The molecule has 20 heavy (non-hydrogen) atoms. The summed E-state index contributed by atoms with van der Waals surface area (Å²) in [5.41, 5.74) is 3.13. The van der Waals surface area contributed by atoms with Gasteiger partial charge < -0.3 is 9.47 Å². The Balaban J connectivity index is 2.65. The number of benzene rings is 1. The highest BCUT2D eigenvalue weighted by molar-refractivity contribution is 5.97. The smallest absolute Gasteiger partial charge is 0.176 e. The standard InChI is InChI=1S/C16H25NO3/c1-13-5-6-15(11-14(13)2)16(18)12-17(7-9-19-3)8-10-20-4/h5-6,11H,7-10,12H2,1-4H3. The average molecular weight is 279 g/mol. The summed E-state index contributed by atoms with van der Waals surface area (Å²) in [6.07, 6.45) is 0. The molecular formula is C16H25NO3. The minimum atomic E-state index is 0.139. The molecule has 0 aliphatic heterocycles. The van der Waals surface area contributed by atoms with Crippen LogP contribution in [0.4, 0.5) is 0 Å². The molecule has 112 valence electrons. The Morgan fingerprint density at radius 3 is 2.15 bits per heavy atom. The van der Waals surface area contributed by atoms with E-state index in [9.17, 15) is 4.79 Å². The van der Waals surface area contributed by atoms with E-state index in [0.717, 1.165) is 24.2 Å². The van der Waals surface area contributed by atoms with Crippen molar-refractivity contribution in [3.8, 4) is 0 Å². The van der Waals surface area contributed by atoms with Gasteiger partial charge in [0.05, 0.1) is 19.8 Å². The number of hydrogen-bond donors (Lipinski definition) is 0. The van der Waals surface area contributed by atoms with E-state index in [-0.39, 0.29) is 5.78 Å². The van der Waals surface area contributed by atoms with Crippen LogP contribution < -0.4 is 0 Å². The molecule has 0 spiro atoms. The number of carbonyl (C=O) groups is 1. The number of ketones is 1. The molecule has 0 unspecified atom stereocenters. The molecule has 0 amide bonds. The second-order valence-electron chi connectivity index (χ2n) is 4.98. The Morgan fingerprint density at radius 1 is 1.05 bits per heavy atom. The highest BCUT2D eigenvalue weighted by Gasteiger charge is 2.13. The summed E-state index contributed by atoms with van der Waals surface area (Å²) >= 11 is 0. The maximum Gasteiger partial charge on any atom is 0.176 e. The van der Waals surface area contributed by atoms with Gasteiger partial charge in [-0.25, -0.2) is 0 Å². The minimum absolute atomic E-state index is 0.139. The van der Waals surface area contributed by atoms with Crippen LogP contribution in [-0.2, 0) is 9.47 Å². The third-order valence-electron chi connectivity index (χ3n) is 3.42. The fourth-order valence-corrected chi connectivity index (χ4v) is 1.92. The second-order valence-corrected chi connectivity index (χ2v) is 4.98. The third kappa shape index (κ3) is 5.41. The van der Waals surface area contributed by atoms with E-state index in [1.54, 1.807) is 14.2 Å². The summed E-state index contributed by atoms with van der Waals surface area (Å²) in [5.74, 6) is 0.139. The molecular weight excluding hydrogens is 254 g/mol. The summed E-state index contributed by atoms with van der Waals surface area (Å²) < 4.78 is 10.2. The molecule has 1 aromatic rings. The van der Waals surface area contributed by atoms with Gasteiger partial charge in [-0.3, -0.25) is 9.69 Å². The average Bonchev–Trinajstić information content (AvgIpc) is 2.44. The maximum absolute atomic E-state index is 12.3. The molecule has 0 aromatic heterocycles. The number of hydrogen-bond acceptors (Lipinski definition) is 4. The molecule has 0 fully saturated rings. The highest BCUT2D eigenvalue weighted by Crippen LogP contribution is 2.11. The van der Waals surface area contributed by atoms with Crippen LogP contribution in [0.2, 0.25) is 0 Å². The van der Waals surface area contributed by atoms with Crippen molar-refractivity contribution in [2.75, 3.05) is 47.1 Å². The fraction of sp³-hybridized carbons (Fsp3) is 0.562. The van der Waals surface area contributed by atoms with Gasteiger partial charge in [-0.2, -0.15) is 0 Å². The number of aryl methyl sites for hydroxylation is 2. The lowest BCUT2D eigenvalue weighted by Gasteiger charge is -2.20. The first-order chi connectivity index (χ1) is 9.58. The molecule has 0 saturated heterocycles. The van der Waals surface area contributed by atoms with Crippen molar-refractivity contribution in [1.29, 1.82) is 0 Å². The van der Waals surface area contributed by atoms with E-state index in [4.69, 9.17) is 9.47 Å². The number of nitrogens with zero attached hydrogens (tertiary/aromatic N) is 1. The van der Waals surface area contributed by atoms with E-state index in [2.05, 4.69) is 4.90 Å². The lowest BCUT2D eigenvalue weighted by molar-refractivity contribution is 0.0837. The van der Waals surface area contributed by atoms with Gasteiger partial charge in [0.2, 0.25) is 0 Å². The Hall–Kier alpha value is -1.23. The molecule has 4 nitrogen and oxygen atoms in total. The number of rotatable bonds is 9. The number of carbonyl (C=O) groups excluding carboxylic acids is 1. The van der Waals surface area contributed by atoms with E-state index in [1.807, 2.05) is 32.0 Å². The number of Topliss-reactive ketones (excluding diaryl/α,β-unsaturated/α-hetero) is 1. The Kier molecular flexibility index (Phi) is 7.44. The van der Waals surface area contributed by atoms with Crippen LogP contribution in [0, 0.1) is 13.8 Å². The minimum Gasteiger partial charge on any atom is -0.383 e. The molecule has 0 atom stereocenters. The molecule has 0 aliphatic rings. The van der Waals surface area contributed by atoms with E-state index in [1.165, 1.54) is 5.56 Å². The zero-order valence-corrected chi connectivity index (χ0v) is 12.9. The predicted molar refractivity (Wildman–Crippen MR) is 80.4 cm³/mol. The van der Waals surface area contributed by atoms with Crippen LogP contribution in [0.5, 0.6) is 0 Å². The van der Waals surface area contributed by atoms with Crippen LogP contribution in [0.25, 0.3) is 0 Å². The molecule has 0 aliphatic carbocycles. The van der Waals surface area contributed by atoms with Crippen molar-refractivity contribution in [2.45, 2.75) is 13.8 Å². The lowest BCUT2D eigenvalue weighted by atomic mass is 10.0. The topological polar surface area (TPSA) is 38.8 Å². The molecule has 0 radical (unpaired) electrons. The quantitative estimate of drug-likeness (QED) is 0.649. The molecule has 0 N–H and O–H groups in total. The molecule has 0 bridgehead atoms. The Labute approximate surface area is 121 Å². The molecule has 1 rings (SSSR count).